The summed E-state index contributed by atoms with van der Waals surface area (Å²) in [6.07, 6.45) is 1.39. The van der Waals surface area contributed by atoms with Crippen LogP contribution in [0, 0.1) is 5.92 Å². The molecule has 2 fully saturated rings. The summed E-state index contributed by atoms with van der Waals surface area (Å²) in [5.74, 6) is -1.56. The van der Waals surface area contributed by atoms with Crippen LogP contribution in [0.2, 0.25) is 0 Å². The number of ether oxygens (including phenoxy) is 2. The predicted molar refractivity (Wildman–Crippen MR) is 37.9 cm³/mol. The van der Waals surface area contributed by atoms with Crippen LogP contribution in [0.4, 0.5) is 0 Å². The lowest BCUT2D eigenvalue weighted by atomic mass is 10.0. The highest BCUT2D eigenvalue weighted by Crippen LogP contribution is 2.39. The summed E-state index contributed by atoms with van der Waals surface area (Å²) in [5.41, 5.74) is 0. The molecule has 2 rings (SSSR count). The molecule has 12 heavy (non-hydrogen) atoms. The first-order valence-electron chi connectivity index (χ1n) is 4.06. The number of rotatable bonds is 0. The van der Waals surface area contributed by atoms with Crippen LogP contribution in [0.15, 0.2) is 0 Å². The first kappa shape index (κ1) is 7.58. The van der Waals surface area contributed by atoms with Crippen LogP contribution in [-0.4, -0.2) is 17.7 Å². The third-order valence-electron chi connectivity index (χ3n) is 2.32. The number of carbonyl (C=O) groups excluding carboxylic acids is 2. The van der Waals surface area contributed by atoms with E-state index in [0.29, 0.717) is 19.3 Å². The van der Waals surface area contributed by atoms with Gasteiger partial charge in [-0.3, -0.25) is 9.59 Å². The standard InChI is InChI=1S/C8H10O4/c1-5-4-8(12-7(5)10)3-2-6(9)11-8/h5H,2-4H2,1H3. The van der Waals surface area contributed by atoms with Crippen molar-refractivity contribution in [2.24, 2.45) is 5.92 Å². The van der Waals surface area contributed by atoms with Crippen molar-refractivity contribution in [3.05, 3.63) is 0 Å². The van der Waals surface area contributed by atoms with Gasteiger partial charge in [0, 0.05) is 12.8 Å². The highest BCUT2D eigenvalue weighted by atomic mass is 16.7. The van der Waals surface area contributed by atoms with Crippen molar-refractivity contribution in [3.8, 4) is 0 Å². The Kier molecular flexibility index (Phi) is 1.40. The van der Waals surface area contributed by atoms with Gasteiger partial charge in [0.05, 0.1) is 12.3 Å². The SMILES string of the molecule is CC1CC2(CCC(=O)O2)OC1=O. The van der Waals surface area contributed by atoms with Crippen LogP contribution in [0.5, 0.6) is 0 Å². The Hall–Kier alpha value is -1.06. The van der Waals surface area contributed by atoms with Crippen LogP contribution in [0.3, 0.4) is 0 Å². The van der Waals surface area contributed by atoms with Crippen LogP contribution in [0.1, 0.15) is 26.2 Å². The minimum Gasteiger partial charge on any atom is -0.422 e. The molecule has 2 atom stereocenters. The molecule has 0 aromatic heterocycles. The summed E-state index contributed by atoms with van der Waals surface area (Å²) in [5, 5.41) is 0. The minimum absolute atomic E-state index is 0.143. The van der Waals surface area contributed by atoms with E-state index in [-0.39, 0.29) is 17.9 Å². The molecule has 0 N–H and O–H groups in total. The molecule has 4 heteroatoms. The number of hydrogen-bond acceptors (Lipinski definition) is 4. The van der Waals surface area contributed by atoms with Gasteiger partial charge >= 0.3 is 11.9 Å². The predicted octanol–water partition coefficient (Wildman–Crippen LogP) is 0.603. The Morgan fingerprint density at radius 3 is 2.58 bits per heavy atom. The molecule has 2 aliphatic heterocycles. The van der Waals surface area contributed by atoms with Gasteiger partial charge in [0.1, 0.15) is 0 Å². The Balaban J connectivity index is 2.15. The van der Waals surface area contributed by atoms with E-state index >= 15 is 0 Å². The minimum atomic E-state index is -0.895. The largest absolute Gasteiger partial charge is 0.422 e. The molecule has 2 unspecified atom stereocenters. The second kappa shape index (κ2) is 2.21. The third-order valence-corrected chi connectivity index (χ3v) is 2.32. The van der Waals surface area contributed by atoms with Gasteiger partial charge in [0.2, 0.25) is 0 Å². The van der Waals surface area contributed by atoms with Crippen LogP contribution in [-0.2, 0) is 19.1 Å². The third kappa shape index (κ3) is 0.983. The molecule has 4 nitrogen and oxygen atoms in total. The van der Waals surface area contributed by atoms with Crippen molar-refractivity contribution in [1.82, 2.24) is 0 Å². The molecule has 1 spiro atoms. The van der Waals surface area contributed by atoms with E-state index in [1.807, 2.05) is 0 Å². The van der Waals surface area contributed by atoms with Crippen molar-refractivity contribution >= 4 is 11.9 Å². The van der Waals surface area contributed by atoms with E-state index < -0.39 is 5.79 Å². The smallest absolute Gasteiger partial charge is 0.312 e. The Bertz CT molecular complexity index is 247. The first-order chi connectivity index (χ1) is 5.61. The summed E-state index contributed by atoms with van der Waals surface area (Å²) in [6.45, 7) is 1.78. The van der Waals surface area contributed by atoms with E-state index in [1.54, 1.807) is 6.92 Å². The lowest BCUT2D eigenvalue weighted by Gasteiger charge is -2.18. The first-order valence-corrected chi connectivity index (χ1v) is 4.06. The van der Waals surface area contributed by atoms with E-state index in [9.17, 15) is 9.59 Å². The highest BCUT2D eigenvalue weighted by Gasteiger charge is 2.51. The molecule has 0 aromatic rings. The van der Waals surface area contributed by atoms with Gasteiger partial charge < -0.3 is 9.47 Å². The summed E-state index contributed by atoms with van der Waals surface area (Å²) >= 11 is 0. The monoisotopic (exact) mass is 170 g/mol. The van der Waals surface area contributed by atoms with Crippen LogP contribution in [0.25, 0.3) is 0 Å². The summed E-state index contributed by atoms with van der Waals surface area (Å²) in [4.78, 5) is 21.8. The molecule has 2 heterocycles. The van der Waals surface area contributed by atoms with Gasteiger partial charge in [-0.2, -0.15) is 0 Å². The fraction of sp³-hybridized carbons (Fsp3) is 0.750. The zero-order chi connectivity index (χ0) is 8.77. The topological polar surface area (TPSA) is 52.6 Å². The molecular weight excluding hydrogens is 160 g/mol. The summed E-state index contributed by atoms with van der Waals surface area (Å²) < 4.78 is 9.98. The quantitative estimate of drug-likeness (QED) is 0.499. The van der Waals surface area contributed by atoms with Gasteiger partial charge in [-0.15, -0.1) is 0 Å². The Morgan fingerprint density at radius 2 is 2.17 bits per heavy atom. The maximum atomic E-state index is 11.0. The average Bonchev–Trinajstić information content (AvgIpc) is 2.42. The van der Waals surface area contributed by atoms with Gasteiger partial charge in [-0.25, -0.2) is 0 Å². The highest BCUT2D eigenvalue weighted by molar-refractivity contribution is 5.77. The molecular formula is C8H10O4. The normalized spacial score (nSPS) is 40.2. The van der Waals surface area contributed by atoms with Gasteiger partial charge in [-0.1, -0.05) is 6.92 Å². The lowest BCUT2D eigenvalue weighted by Crippen LogP contribution is -2.27. The van der Waals surface area contributed by atoms with Crippen molar-refractivity contribution in [1.29, 1.82) is 0 Å². The lowest BCUT2D eigenvalue weighted by molar-refractivity contribution is -0.197. The fourth-order valence-electron chi connectivity index (χ4n) is 1.69. The van der Waals surface area contributed by atoms with E-state index in [4.69, 9.17) is 9.47 Å². The zero-order valence-electron chi connectivity index (χ0n) is 6.83. The van der Waals surface area contributed by atoms with Crippen LogP contribution >= 0.6 is 0 Å². The second-order valence-electron chi connectivity index (χ2n) is 3.41. The molecule has 66 valence electrons. The van der Waals surface area contributed by atoms with Crippen molar-refractivity contribution in [2.75, 3.05) is 0 Å². The van der Waals surface area contributed by atoms with Gasteiger partial charge in [0.15, 0.2) is 0 Å². The Morgan fingerprint density at radius 1 is 1.42 bits per heavy atom. The summed E-state index contributed by atoms with van der Waals surface area (Å²) in [6, 6.07) is 0. The molecule has 2 saturated heterocycles. The molecule has 2 aliphatic rings. The average molecular weight is 170 g/mol. The van der Waals surface area contributed by atoms with Crippen molar-refractivity contribution in [3.63, 3.8) is 0 Å². The number of hydrogen-bond donors (Lipinski definition) is 0. The summed E-state index contributed by atoms with van der Waals surface area (Å²) in [7, 11) is 0. The van der Waals surface area contributed by atoms with Crippen molar-refractivity contribution < 1.29 is 19.1 Å². The van der Waals surface area contributed by atoms with Crippen LogP contribution < -0.4 is 0 Å². The molecule has 0 bridgehead atoms. The number of carbonyl (C=O) groups is 2. The van der Waals surface area contributed by atoms with Gasteiger partial charge in [0.25, 0.3) is 5.79 Å². The number of esters is 2. The molecule has 0 radical (unpaired) electrons. The van der Waals surface area contributed by atoms with Gasteiger partial charge in [-0.05, 0) is 0 Å². The maximum absolute atomic E-state index is 11.0. The second-order valence-corrected chi connectivity index (χ2v) is 3.41. The molecule has 0 amide bonds. The van der Waals surface area contributed by atoms with E-state index in [2.05, 4.69) is 0 Å². The zero-order valence-corrected chi connectivity index (χ0v) is 6.83. The molecule has 0 saturated carbocycles. The Labute approximate surface area is 69.8 Å². The van der Waals surface area contributed by atoms with E-state index in [1.165, 1.54) is 0 Å². The van der Waals surface area contributed by atoms with Crippen molar-refractivity contribution in [2.45, 2.75) is 32.0 Å². The maximum Gasteiger partial charge on any atom is 0.312 e. The fourth-order valence-corrected chi connectivity index (χ4v) is 1.69. The molecule has 0 aromatic carbocycles. The molecule has 0 aliphatic carbocycles. The van der Waals surface area contributed by atoms with E-state index in [0.717, 1.165) is 0 Å².